The van der Waals surface area contributed by atoms with Crippen molar-refractivity contribution in [2.24, 2.45) is 5.73 Å². The van der Waals surface area contributed by atoms with Crippen molar-refractivity contribution in [3.05, 3.63) is 45.9 Å². The lowest BCUT2D eigenvalue weighted by atomic mass is 10.1. The maximum absolute atomic E-state index is 12.2. The summed E-state index contributed by atoms with van der Waals surface area (Å²) in [5.41, 5.74) is 8.18. The SMILES string of the molecule is CCCc1ccccc1NC(=O)c1csc(C(C)N)n1. The molecule has 20 heavy (non-hydrogen) atoms. The van der Waals surface area contributed by atoms with E-state index < -0.39 is 0 Å². The van der Waals surface area contributed by atoms with Crippen LogP contribution in [-0.4, -0.2) is 10.9 Å². The van der Waals surface area contributed by atoms with Gasteiger partial charge in [0.05, 0.1) is 6.04 Å². The Bertz CT molecular complexity index is 592. The van der Waals surface area contributed by atoms with Gasteiger partial charge in [0.1, 0.15) is 10.7 Å². The number of aromatic nitrogens is 1. The summed E-state index contributed by atoms with van der Waals surface area (Å²) in [4.78, 5) is 16.5. The number of nitrogens with two attached hydrogens (primary N) is 1. The van der Waals surface area contributed by atoms with Crippen LogP contribution < -0.4 is 11.1 Å². The molecule has 0 saturated heterocycles. The van der Waals surface area contributed by atoms with Crippen LogP contribution in [0.2, 0.25) is 0 Å². The average molecular weight is 289 g/mol. The third-order valence-corrected chi connectivity index (χ3v) is 3.97. The Labute approximate surface area is 123 Å². The highest BCUT2D eigenvalue weighted by atomic mass is 32.1. The molecule has 2 rings (SSSR count). The molecule has 4 nitrogen and oxygen atoms in total. The first kappa shape index (κ1) is 14.7. The van der Waals surface area contributed by atoms with Crippen molar-refractivity contribution in [1.29, 1.82) is 0 Å². The third-order valence-electron chi connectivity index (χ3n) is 2.93. The molecule has 0 aliphatic carbocycles. The molecule has 1 heterocycles. The van der Waals surface area contributed by atoms with E-state index in [2.05, 4.69) is 17.2 Å². The number of nitrogens with zero attached hydrogens (tertiary/aromatic N) is 1. The van der Waals surface area contributed by atoms with Gasteiger partial charge in [-0.15, -0.1) is 11.3 Å². The van der Waals surface area contributed by atoms with Gasteiger partial charge in [-0.2, -0.15) is 0 Å². The number of hydrogen-bond acceptors (Lipinski definition) is 4. The number of rotatable bonds is 5. The van der Waals surface area contributed by atoms with Crippen molar-refractivity contribution in [3.8, 4) is 0 Å². The Kier molecular flexibility index (Phi) is 4.87. The van der Waals surface area contributed by atoms with Gasteiger partial charge in [-0.05, 0) is 25.0 Å². The Morgan fingerprint density at radius 1 is 1.45 bits per heavy atom. The topological polar surface area (TPSA) is 68.0 Å². The first-order chi connectivity index (χ1) is 9.61. The molecule has 0 aliphatic heterocycles. The van der Waals surface area contributed by atoms with E-state index >= 15 is 0 Å². The van der Waals surface area contributed by atoms with Gasteiger partial charge in [0.2, 0.25) is 0 Å². The second-order valence-electron chi connectivity index (χ2n) is 4.72. The van der Waals surface area contributed by atoms with Crippen LogP contribution in [0.3, 0.4) is 0 Å². The minimum Gasteiger partial charge on any atom is -0.322 e. The van der Waals surface area contributed by atoms with E-state index in [0.717, 1.165) is 29.1 Å². The molecule has 1 atom stereocenters. The number of thiazole rings is 1. The minimum absolute atomic E-state index is 0.145. The molecule has 0 radical (unpaired) electrons. The van der Waals surface area contributed by atoms with E-state index in [1.165, 1.54) is 11.3 Å². The monoisotopic (exact) mass is 289 g/mol. The van der Waals surface area contributed by atoms with Gasteiger partial charge in [0, 0.05) is 11.1 Å². The Morgan fingerprint density at radius 2 is 2.20 bits per heavy atom. The molecule has 1 aromatic carbocycles. The molecule has 0 spiro atoms. The number of amides is 1. The summed E-state index contributed by atoms with van der Waals surface area (Å²) in [6.45, 7) is 3.98. The fraction of sp³-hybridized carbons (Fsp3) is 0.333. The number of carbonyl (C=O) groups excluding carboxylic acids is 1. The lowest BCUT2D eigenvalue weighted by Crippen LogP contribution is -2.14. The van der Waals surface area contributed by atoms with Crippen molar-refractivity contribution < 1.29 is 4.79 Å². The molecule has 0 aliphatic rings. The first-order valence-electron chi connectivity index (χ1n) is 6.72. The highest BCUT2D eigenvalue weighted by Crippen LogP contribution is 2.20. The minimum atomic E-state index is -0.184. The van der Waals surface area contributed by atoms with Crippen molar-refractivity contribution in [1.82, 2.24) is 4.98 Å². The largest absolute Gasteiger partial charge is 0.322 e. The predicted octanol–water partition coefficient (Wildman–Crippen LogP) is 3.37. The van der Waals surface area contributed by atoms with Crippen LogP contribution in [0.5, 0.6) is 0 Å². The summed E-state index contributed by atoms with van der Waals surface area (Å²) in [6.07, 6.45) is 1.98. The molecule has 1 unspecified atom stereocenters. The van der Waals surface area contributed by atoms with Gasteiger partial charge in [-0.3, -0.25) is 4.79 Å². The first-order valence-corrected chi connectivity index (χ1v) is 7.60. The number of anilines is 1. The number of para-hydroxylation sites is 1. The summed E-state index contributed by atoms with van der Waals surface area (Å²) in [5, 5.41) is 5.45. The van der Waals surface area contributed by atoms with Crippen molar-refractivity contribution >= 4 is 22.9 Å². The smallest absolute Gasteiger partial charge is 0.275 e. The summed E-state index contributed by atoms with van der Waals surface area (Å²) in [6, 6.07) is 7.71. The summed E-state index contributed by atoms with van der Waals surface area (Å²) < 4.78 is 0. The fourth-order valence-electron chi connectivity index (χ4n) is 1.92. The zero-order valence-electron chi connectivity index (χ0n) is 11.7. The normalized spacial score (nSPS) is 12.2. The van der Waals surface area contributed by atoms with Crippen LogP contribution in [0.4, 0.5) is 5.69 Å². The lowest BCUT2D eigenvalue weighted by molar-refractivity contribution is 0.102. The maximum Gasteiger partial charge on any atom is 0.275 e. The summed E-state index contributed by atoms with van der Waals surface area (Å²) >= 11 is 1.41. The summed E-state index contributed by atoms with van der Waals surface area (Å²) in [5.74, 6) is -0.184. The molecule has 106 valence electrons. The lowest BCUT2D eigenvalue weighted by Gasteiger charge is -2.09. The number of hydrogen-bond donors (Lipinski definition) is 2. The van der Waals surface area contributed by atoms with Crippen molar-refractivity contribution in [2.45, 2.75) is 32.7 Å². The molecular formula is C15H19N3OS. The average Bonchev–Trinajstić information content (AvgIpc) is 2.91. The molecule has 1 amide bonds. The number of carbonyl (C=O) groups is 1. The maximum atomic E-state index is 12.2. The van der Waals surface area contributed by atoms with Gasteiger partial charge < -0.3 is 11.1 Å². The molecule has 3 N–H and O–H groups in total. The zero-order valence-corrected chi connectivity index (χ0v) is 12.5. The van der Waals surface area contributed by atoms with Gasteiger partial charge in [-0.1, -0.05) is 31.5 Å². The van der Waals surface area contributed by atoms with E-state index in [9.17, 15) is 4.79 Å². The van der Waals surface area contributed by atoms with Gasteiger partial charge >= 0.3 is 0 Å². The van der Waals surface area contributed by atoms with Crippen LogP contribution >= 0.6 is 11.3 Å². The molecule has 0 saturated carbocycles. The fourth-order valence-corrected chi connectivity index (χ4v) is 2.67. The third kappa shape index (κ3) is 3.43. The standard InChI is InChI=1S/C15H19N3OS/c1-3-6-11-7-4-5-8-12(11)17-14(19)13-9-20-15(18-13)10(2)16/h4-5,7-10H,3,6,16H2,1-2H3,(H,17,19). The van der Waals surface area contributed by atoms with Crippen LogP contribution in [0.15, 0.2) is 29.6 Å². The van der Waals surface area contributed by atoms with Gasteiger partial charge in [0.15, 0.2) is 0 Å². The molecule has 0 bridgehead atoms. The zero-order chi connectivity index (χ0) is 14.5. The van der Waals surface area contributed by atoms with E-state index in [0.29, 0.717) is 5.69 Å². The quantitative estimate of drug-likeness (QED) is 0.886. The van der Waals surface area contributed by atoms with E-state index in [4.69, 9.17) is 5.73 Å². The predicted molar refractivity (Wildman–Crippen MR) is 83.1 cm³/mol. The molecule has 2 aromatic rings. The van der Waals surface area contributed by atoms with E-state index in [-0.39, 0.29) is 11.9 Å². The molecule has 0 fully saturated rings. The molecule has 1 aromatic heterocycles. The van der Waals surface area contributed by atoms with E-state index in [1.807, 2.05) is 31.2 Å². The highest BCUT2D eigenvalue weighted by Gasteiger charge is 2.14. The molecular weight excluding hydrogens is 270 g/mol. The second-order valence-corrected chi connectivity index (χ2v) is 5.61. The Hall–Kier alpha value is -1.72. The highest BCUT2D eigenvalue weighted by molar-refractivity contribution is 7.09. The Morgan fingerprint density at radius 3 is 2.85 bits per heavy atom. The van der Waals surface area contributed by atoms with Crippen LogP contribution in [0.1, 0.15) is 47.4 Å². The van der Waals surface area contributed by atoms with Crippen molar-refractivity contribution in [2.75, 3.05) is 5.32 Å². The number of aryl methyl sites for hydroxylation is 1. The Balaban J connectivity index is 2.14. The van der Waals surface area contributed by atoms with Crippen molar-refractivity contribution in [3.63, 3.8) is 0 Å². The van der Waals surface area contributed by atoms with E-state index in [1.54, 1.807) is 5.38 Å². The van der Waals surface area contributed by atoms with Crippen LogP contribution in [0, 0.1) is 0 Å². The molecule has 5 heteroatoms. The van der Waals surface area contributed by atoms with Gasteiger partial charge in [-0.25, -0.2) is 4.98 Å². The summed E-state index contributed by atoms with van der Waals surface area (Å²) in [7, 11) is 0. The second kappa shape index (κ2) is 6.63. The van der Waals surface area contributed by atoms with Crippen LogP contribution in [0.25, 0.3) is 0 Å². The van der Waals surface area contributed by atoms with Gasteiger partial charge in [0.25, 0.3) is 5.91 Å². The number of nitrogens with one attached hydrogen (secondary N) is 1. The number of benzene rings is 1. The van der Waals surface area contributed by atoms with Crippen LogP contribution in [-0.2, 0) is 6.42 Å².